The van der Waals surface area contributed by atoms with Gasteiger partial charge >= 0.3 is 6.18 Å². The molecule has 4 N–H and O–H groups in total. The van der Waals surface area contributed by atoms with Crippen molar-refractivity contribution in [2.45, 2.75) is 11.1 Å². The van der Waals surface area contributed by atoms with Gasteiger partial charge in [-0.05, 0) is 18.2 Å². The third-order valence-corrected chi connectivity index (χ3v) is 3.14. The molecule has 0 saturated carbocycles. The molecule has 1 aromatic carbocycles. The van der Waals surface area contributed by atoms with E-state index in [1.807, 2.05) is 0 Å². The lowest BCUT2D eigenvalue weighted by Crippen LogP contribution is -2.31. The molecule has 9 heteroatoms. The standard InChI is InChI=1S/C9H12F3N3O2S/c1-15(5-9(10,11)12)6-2-3-8(7(13)4-6)18(14,16)17/h2-4H,5,13H2,1H3,(H2,14,16,17). The highest BCUT2D eigenvalue weighted by Crippen LogP contribution is 2.25. The van der Waals surface area contributed by atoms with Crippen LogP contribution in [0.2, 0.25) is 0 Å². The molecule has 18 heavy (non-hydrogen) atoms. The Morgan fingerprint density at radius 3 is 2.28 bits per heavy atom. The second-order valence-electron chi connectivity index (χ2n) is 3.74. The summed E-state index contributed by atoms with van der Waals surface area (Å²) in [4.78, 5) is 0.593. The van der Waals surface area contributed by atoms with Gasteiger partial charge in [0.05, 0.1) is 5.69 Å². The predicted octanol–water partition coefficient (Wildman–Crippen LogP) is 0.915. The van der Waals surface area contributed by atoms with Crippen LogP contribution < -0.4 is 15.8 Å². The fourth-order valence-corrected chi connectivity index (χ4v) is 2.04. The Morgan fingerprint density at radius 1 is 1.33 bits per heavy atom. The largest absolute Gasteiger partial charge is 0.405 e. The molecule has 0 aliphatic carbocycles. The summed E-state index contributed by atoms with van der Waals surface area (Å²) in [6, 6.07) is 3.42. The third-order valence-electron chi connectivity index (χ3n) is 2.16. The molecule has 0 unspecified atom stereocenters. The zero-order valence-electron chi connectivity index (χ0n) is 9.40. The topological polar surface area (TPSA) is 89.4 Å². The minimum absolute atomic E-state index is 0.150. The molecule has 0 spiro atoms. The zero-order valence-corrected chi connectivity index (χ0v) is 10.2. The Morgan fingerprint density at radius 2 is 1.89 bits per heavy atom. The maximum atomic E-state index is 12.2. The van der Waals surface area contributed by atoms with E-state index in [2.05, 4.69) is 0 Å². The van der Waals surface area contributed by atoms with E-state index in [0.29, 0.717) is 0 Å². The smallest absolute Gasteiger partial charge is 0.398 e. The summed E-state index contributed by atoms with van der Waals surface area (Å²) >= 11 is 0. The minimum Gasteiger partial charge on any atom is -0.398 e. The molecule has 0 aromatic heterocycles. The van der Waals surface area contributed by atoms with Crippen LogP contribution in [0.4, 0.5) is 24.5 Å². The number of hydrogen-bond donors (Lipinski definition) is 2. The fourth-order valence-electron chi connectivity index (χ4n) is 1.39. The number of benzene rings is 1. The Hall–Kier alpha value is -1.48. The molecule has 102 valence electrons. The van der Waals surface area contributed by atoms with Crippen molar-refractivity contribution in [2.24, 2.45) is 5.14 Å². The first kappa shape index (κ1) is 14.6. The fraction of sp³-hybridized carbons (Fsp3) is 0.333. The highest BCUT2D eigenvalue weighted by molar-refractivity contribution is 7.89. The van der Waals surface area contributed by atoms with E-state index >= 15 is 0 Å². The number of nitrogens with zero attached hydrogens (tertiary/aromatic N) is 1. The van der Waals surface area contributed by atoms with Crippen LogP contribution in [0.5, 0.6) is 0 Å². The Kier molecular flexibility index (Phi) is 3.77. The lowest BCUT2D eigenvalue weighted by atomic mass is 10.2. The van der Waals surface area contributed by atoms with Crippen LogP contribution in [-0.2, 0) is 10.0 Å². The van der Waals surface area contributed by atoms with Gasteiger partial charge in [0.25, 0.3) is 0 Å². The van der Waals surface area contributed by atoms with Crippen LogP contribution in [0.15, 0.2) is 23.1 Å². The maximum Gasteiger partial charge on any atom is 0.405 e. The highest BCUT2D eigenvalue weighted by Gasteiger charge is 2.29. The highest BCUT2D eigenvalue weighted by atomic mass is 32.2. The maximum absolute atomic E-state index is 12.2. The van der Waals surface area contributed by atoms with E-state index in [-0.39, 0.29) is 16.3 Å². The van der Waals surface area contributed by atoms with Gasteiger partial charge in [-0.25, -0.2) is 13.6 Å². The van der Waals surface area contributed by atoms with Gasteiger partial charge in [-0.1, -0.05) is 0 Å². The number of nitrogens with two attached hydrogens (primary N) is 2. The first-order valence-corrected chi connectivity index (χ1v) is 6.25. The quantitative estimate of drug-likeness (QED) is 0.807. The molecule has 0 fully saturated rings. The molecule has 0 atom stereocenters. The predicted molar refractivity (Wildman–Crippen MR) is 61.6 cm³/mol. The van der Waals surface area contributed by atoms with Crippen molar-refractivity contribution in [2.75, 3.05) is 24.2 Å². The second-order valence-corrected chi connectivity index (χ2v) is 5.27. The Balaban J connectivity index is 3.05. The van der Waals surface area contributed by atoms with Crippen LogP contribution in [0.25, 0.3) is 0 Å². The number of sulfonamides is 1. The lowest BCUT2D eigenvalue weighted by molar-refractivity contribution is -0.119. The Bertz CT molecular complexity index is 542. The molecular formula is C9H12F3N3O2S. The van der Waals surface area contributed by atoms with Crippen molar-refractivity contribution in [3.63, 3.8) is 0 Å². The summed E-state index contributed by atoms with van der Waals surface area (Å²) in [5.41, 5.74) is 5.40. The molecule has 1 aromatic rings. The van der Waals surface area contributed by atoms with Crippen molar-refractivity contribution in [3.05, 3.63) is 18.2 Å². The number of anilines is 2. The summed E-state index contributed by atoms with van der Waals surface area (Å²) in [5.74, 6) is 0. The van der Waals surface area contributed by atoms with Gasteiger partial charge < -0.3 is 10.6 Å². The van der Waals surface area contributed by atoms with E-state index in [1.54, 1.807) is 0 Å². The number of halogens is 3. The van der Waals surface area contributed by atoms with Crippen molar-refractivity contribution in [1.29, 1.82) is 0 Å². The van der Waals surface area contributed by atoms with Crippen molar-refractivity contribution >= 4 is 21.4 Å². The number of hydrogen-bond acceptors (Lipinski definition) is 4. The molecule has 1 rings (SSSR count). The van der Waals surface area contributed by atoms with E-state index in [9.17, 15) is 21.6 Å². The second kappa shape index (κ2) is 4.65. The normalized spacial score (nSPS) is 12.5. The number of alkyl halides is 3. The van der Waals surface area contributed by atoms with Crippen molar-refractivity contribution < 1.29 is 21.6 Å². The first-order chi connectivity index (χ1) is 8.00. The SMILES string of the molecule is CN(CC(F)(F)F)c1ccc(S(N)(=O)=O)c(N)c1. The molecule has 0 radical (unpaired) electrons. The molecule has 0 saturated heterocycles. The van der Waals surface area contributed by atoms with Crippen molar-refractivity contribution in [1.82, 2.24) is 0 Å². The van der Waals surface area contributed by atoms with E-state index in [1.165, 1.54) is 13.1 Å². The lowest BCUT2D eigenvalue weighted by Gasteiger charge is -2.21. The van der Waals surface area contributed by atoms with Gasteiger partial charge in [0.2, 0.25) is 10.0 Å². The van der Waals surface area contributed by atoms with Crippen LogP contribution in [0.3, 0.4) is 0 Å². The summed E-state index contributed by atoms with van der Waals surface area (Å²) in [7, 11) is -2.76. The third kappa shape index (κ3) is 3.77. The molecular weight excluding hydrogens is 271 g/mol. The number of primary sulfonamides is 1. The average Bonchev–Trinajstić information content (AvgIpc) is 2.12. The summed E-state index contributed by atoms with van der Waals surface area (Å²) < 4.78 is 58.7. The van der Waals surface area contributed by atoms with Crippen LogP contribution in [-0.4, -0.2) is 28.2 Å². The first-order valence-electron chi connectivity index (χ1n) is 4.71. The van der Waals surface area contributed by atoms with Gasteiger partial charge in [-0.2, -0.15) is 13.2 Å². The van der Waals surface area contributed by atoms with E-state index in [4.69, 9.17) is 10.9 Å². The molecule has 0 heterocycles. The number of nitrogen functional groups attached to an aromatic ring is 1. The molecule has 0 aliphatic rings. The monoisotopic (exact) mass is 283 g/mol. The van der Waals surface area contributed by atoms with Crippen LogP contribution >= 0.6 is 0 Å². The summed E-state index contributed by atoms with van der Waals surface area (Å²) in [5, 5.41) is 4.88. The van der Waals surface area contributed by atoms with Crippen LogP contribution in [0, 0.1) is 0 Å². The van der Waals surface area contributed by atoms with Gasteiger partial charge in [0, 0.05) is 12.7 Å². The van der Waals surface area contributed by atoms with Crippen molar-refractivity contribution in [3.8, 4) is 0 Å². The van der Waals surface area contributed by atoms with Gasteiger partial charge in [-0.3, -0.25) is 0 Å². The molecule has 0 amide bonds. The molecule has 5 nitrogen and oxygen atoms in total. The minimum atomic E-state index is -4.36. The van der Waals surface area contributed by atoms with Gasteiger partial charge in [0.15, 0.2) is 0 Å². The van der Waals surface area contributed by atoms with E-state index in [0.717, 1.165) is 17.0 Å². The van der Waals surface area contributed by atoms with Gasteiger partial charge in [0.1, 0.15) is 11.4 Å². The zero-order chi connectivity index (χ0) is 14.1. The molecule has 0 bridgehead atoms. The van der Waals surface area contributed by atoms with Crippen LogP contribution in [0.1, 0.15) is 0 Å². The van der Waals surface area contributed by atoms with E-state index < -0.39 is 22.7 Å². The summed E-state index contributed by atoms with van der Waals surface area (Å²) in [6.07, 6.45) is -4.36. The summed E-state index contributed by atoms with van der Waals surface area (Å²) in [6.45, 7) is -1.17. The molecule has 0 aliphatic heterocycles. The average molecular weight is 283 g/mol. The van der Waals surface area contributed by atoms with Gasteiger partial charge in [-0.15, -0.1) is 0 Å². The Labute approximate surface area is 102 Å². The number of rotatable bonds is 3.